The third-order valence-corrected chi connectivity index (χ3v) is 7.79. The van der Waals surface area contributed by atoms with Crippen LogP contribution in [-0.2, 0) is 28.8 Å². The highest BCUT2D eigenvalue weighted by molar-refractivity contribution is 5.82. The largest absolute Gasteiger partial charge is 0.481 e. The van der Waals surface area contributed by atoms with E-state index in [0.29, 0.717) is 19.4 Å². The van der Waals surface area contributed by atoms with Crippen LogP contribution in [-0.4, -0.2) is 141 Å². The molecular formula is C32H58N4O11. The number of rotatable bonds is 33. The normalized spacial score (nSPS) is 12.0. The van der Waals surface area contributed by atoms with E-state index >= 15 is 0 Å². The number of hydrogen-bond acceptors (Lipinski definition) is 9. The van der Waals surface area contributed by atoms with Crippen LogP contribution in [0, 0.1) is 0 Å². The van der Waals surface area contributed by atoms with E-state index in [1.54, 1.807) is 4.90 Å². The summed E-state index contributed by atoms with van der Waals surface area (Å²) in [6.45, 7) is 0.752. The second-order valence-corrected chi connectivity index (χ2v) is 12.0. The van der Waals surface area contributed by atoms with Gasteiger partial charge in [0.25, 0.3) is 0 Å². The van der Waals surface area contributed by atoms with Gasteiger partial charge in [-0.2, -0.15) is 0 Å². The van der Waals surface area contributed by atoms with Crippen molar-refractivity contribution in [3.05, 3.63) is 0 Å². The molecule has 15 heteroatoms. The molecule has 0 radical (unpaired) electrons. The van der Waals surface area contributed by atoms with Crippen LogP contribution < -0.4 is 5.32 Å². The Bertz CT molecular complexity index is 919. The Labute approximate surface area is 278 Å². The van der Waals surface area contributed by atoms with Crippen LogP contribution in [0.15, 0.2) is 0 Å². The van der Waals surface area contributed by atoms with E-state index in [0.717, 1.165) is 77.0 Å². The molecule has 1 amide bonds. The number of carboxylic acid groups (broad SMARTS) is 5. The zero-order valence-corrected chi connectivity index (χ0v) is 28.1. The predicted octanol–water partition coefficient (Wildman–Crippen LogP) is 2.67. The number of amides is 1. The molecule has 0 aromatic carbocycles. The number of carbonyl (C=O) groups excluding carboxylic acids is 1. The van der Waals surface area contributed by atoms with Crippen molar-refractivity contribution in [2.45, 2.75) is 109 Å². The summed E-state index contributed by atoms with van der Waals surface area (Å²) in [6.07, 6.45) is 12.8. The Morgan fingerprint density at radius 2 is 0.957 bits per heavy atom. The summed E-state index contributed by atoms with van der Waals surface area (Å²) in [5.41, 5.74) is 0. The van der Waals surface area contributed by atoms with Gasteiger partial charge in [-0.25, -0.2) is 0 Å². The first kappa shape index (κ1) is 43.7. The lowest BCUT2D eigenvalue weighted by Gasteiger charge is -2.32. The zero-order valence-electron chi connectivity index (χ0n) is 28.1. The topological polar surface area (TPSA) is 225 Å². The number of aliphatic carboxylic acids is 5. The lowest BCUT2D eigenvalue weighted by atomic mass is 10.0. The Balaban J connectivity index is 5.17. The van der Waals surface area contributed by atoms with Gasteiger partial charge in [-0.1, -0.05) is 77.6 Å². The summed E-state index contributed by atoms with van der Waals surface area (Å²) in [7, 11) is 0. The molecule has 272 valence electrons. The van der Waals surface area contributed by atoms with E-state index < -0.39 is 62.1 Å². The fraction of sp³-hybridized carbons (Fsp3) is 0.812. The molecule has 15 nitrogen and oxygen atoms in total. The molecule has 0 aliphatic heterocycles. The van der Waals surface area contributed by atoms with Gasteiger partial charge < -0.3 is 30.8 Å². The van der Waals surface area contributed by atoms with Crippen molar-refractivity contribution in [1.82, 2.24) is 20.0 Å². The average molecular weight is 675 g/mol. The van der Waals surface area contributed by atoms with Crippen molar-refractivity contribution in [1.29, 1.82) is 0 Å². The number of carbonyl (C=O) groups is 6. The summed E-state index contributed by atoms with van der Waals surface area (Å²) in [6, 6.07) is -0.730. The van der Waals surface area contributed by atoms with Crippen molar-refractivity contribution in [3.63, 3.8) is 0 Å². The highest BCUT2D eigenvalue weighted by Gasteiger charge is 2.28. The Morgan fingerprint density at radius 3 is 1.47 bits per heavy atom. The summed E-state index contributed by atoms with van der Waals surface area (Å²) >= 11 is 0. The van der Waals surface area contributed by atoms with E-state index in [2.05, 4.69) is 12.2 Å². The first-order chi connectivity index (χ1) is 22.3. The minimum Gasteiger partial charge on any atom is -0.481 e. The van der Waals surface area contributed by atoms with E-state index in [1.807, 2.05) is 0 Å². The maximum Gasteiger partial charge on any atom is 0.317 e. The number of nitrogens with zero attached hydrogens (tertiary/aromatic N) is 3. The quantitative estimate of drug-likeness (QED) is 0.0551. The molecule has 0 aliphatic rings. The second-order valence-electron chi connectivity index (χ2n) is 12.0. The van der Waals surface area contributed by atoms with Gasteiger partial charge in [-0.05, 0) is 19.3 Å². The van der Waals surface area contributed by atoms with Crippen molar-refractivity contribution in [2.75, 3.05) is 58.9 Å². The van der Waals surface area contributed by atoms with Gasteiger partial charge in [0, 0.05) is 39.1 Å². The molecule has 0 aromatic rings. The van der Waals surface area contributed by atoms with Gasteiger partial charge in [-0.15, -0.1) is 0 Å². The highest BCUT2D eigenvalue weighted by Crippen LogP contribution is 2.14. The third-order valence-electron chi connectivity index (χ3n) is 7.79. The average Bonchev–Trinajstić information content (AvgIpc) is 2.97. The number of unbranched alkanes of at least 4 members (excludes halogenated alkanes) is 11. The first-order valence-corrected chi connectivity index (χ1v) is 16.9. The fourth-order valence-corrected chi connectivity index (χ4v) is 5.34. The molecule has 0 saturated heterocycles. The van der Waals surface area contributed by atoms with Crippen LogP contribution in [0.3, 0.4) is 0 Å². The fourth-order valence-electron chi connectivity index (χ4n) is 5.34. The molecule has 0 rings (SSSR count). The molecule has 0 fully saturated rings. The van der Waals surface area contributed by atoms with Crippen molar-refractivity contribution >= 4 is 35.8 Å². The first-order valence-electron chi connectivity index (χ1n) is 16.9. The number of nitrogens with one attached hydrogen (secondary N) is 1. The number of hydrogen-bond donors (Lipinski definition) is 6. The van der Waals surface area contributed by atoms with Crippen LogP contribution in [0.4, 0.5) is 0 Å². The molecule has 0 aromatic heterocycles. The Kier molecular flexibility index (Phi) is 25.8. The molecule has 0 spiro atoms. The molecule has 0 saturated carbocycles. The standard InChI is InChI=1S/C32H58N4O11/c1-2-3-4-12-15-26(32(47)33-17-14-11-9-7-5-6-8-10-13-16-27(37)38)36(25-31(45)46)21-20-34(22-28(39)40)18-19-35(23-29(41)42)24-30(43)44/h26H,2-25H2,1H3,(H,33,47)(H,37,38)(H,39,40)(H,41,42)(H,43,44)(H,45,46). The van der Waals surface area contributed by atoms with Crippen LogP contribution in [0.2, 0.25) is 0 Å². The molecule has 1 unspecified atom stereocenters. The van der Waals surface area contributed by atoms with Gasteiger partial charge >= 0.3 is 29.8 Å². The molecule has 6 N–H and O–H groups in total. The Morgan fingerprint density at radius 1 is 0.511 bits per heavy atom. The Hall–Kier alpha value is -3.30. The lowest BCUT2D eigenvalue weighted by molar-refractivity contribution is -0.143. The molecule has 0 aliphatic carbocycles. The van der Waals surface area contributed by atoms with Crippen LogP contribution >= 0.6 is 0 Å². The molecule has 1 atom stereocenters. The lowest BCUT2D eigenvalue weighted by Crippen LogP contribution is -2.52. The number of carboxylic acids is 5. The van der Waals surface area contributed by atoms with Crippen molar-refractivity contribution in [2.24, 2.45) is 0 Å². The molecular weight excluding hydrogens is 616 g/mol. The SMILES string of the molecule is CCCCCCC(C(=O)NCCCCCCCCCCCC(=O)O)N(CCN(CCN(CC(=O)O)CC(=O)O)CC(=O)O)CC(=O)O. The molecule has 0 heterocycles. The van der Waals surface area contributed by atoms with Crippen LogP contribution in [0.1, 0.15) is 103 Å². The van der Waals surface area contributed by atoms with Gasteiger partial charge in [0.15, 0.2) is 0 Å². The minimum absolute atomic E-state index is 0.0292. The predicted molar refractivity (Wildman–Crippen MR) is 174 cm³/mol. The summed E-state index contributed by atoms with van der Waals surface area (Å²) in [5.74, 6) is -5.75. The monoisotopic (exact) mass is 674 g/mol. The third kappa shape index (κ3) is 26.5. The molecule has 0 bridgehead atoms. The van der Waals surface area contributed by atoms with Crippen LogP contribution in [0.25, 0.3) is 0 Å². The maximum absolute atomic E-state index is 13.4. The van der Waals surface area contributed by atoms with Gasteiger partial charge in [0.05, 0.1) is 32.2 Å². The summed E-state index contributed by atoms with van der Waals surface area (Å²) in [4.78, 5) is 73.8. The minimum atomic E-state index is -1.22. The van der Waals surface area contributed by atoms with E-state index in [4.69, 9.17) is 15.3 Å². The van der Waals surface area contributed by atoms with Crippen molar-refractivity contribution < 1.29 is 54.3 Å². The van der Waals surface area contributed by atoms with Gasteiger partial charge in [-0.3, -0.25) is 43.5 Å². The summed E-state index contributed by atoms with van der Waals surface area (Å²) in [5, 5.41) is 48.9. The highest BCUT2D eigenvalue weighted by atomic mass is 16.4. The van der Waals surface area contributed by atoms with Crippen molar-refractivity contribution in [3.8, 4) is 0 Å². The smallest absolute Gasteiger partial charge is 0.317 e. The maximum atomic E-state index is 13.4. The zero-order chi connectivity index (χ0) is 35.5. The van der Waals surface area contributed by atoms with E-state index in [1.165, 1.54) is 9.80 Å². The van der Waals surface area contributed by atoms with Gasteiger partial charge in [0.1, 0.15) is 0 Å². The second kappa shape index (κ2) is 27.8. The summed E-state index contributed by atoms with van der Waals surface area (Å²) < 4.78 is 0. The molecule has 47 heavy (non-hydrogen) atoms. The van der Waals surface area contributed by atoms with E-state index in [9.17, 15) is 39.0 Å². The van der Waals surface area contributed by atoms with Crippen LogP contribution in [0.5, 0.6) is 0 Å². The van der Waals surface area contributed by atoms with E-state index in [-0.39, 0.29) is 38.5 Å². The van der Waals surface area contributed by atoms with Gasteiger partial charge in [0.2, 0.25) is 5.91 Å².